The van der Waals surface area contributed by atoms with E-state index < -0.39 is 0 Å². The molecule has 1 aromatic heterocycles. The van der Waals surface area contributed by atoms with E-state index in [0.717, 1.165) is 40.0 Å². The Kier molecular flexibility index (Phi) is 9.71. The van der Waals surface area contributed by atoms with E-state index in [-0.39, 0.29) is 17.9 Å². The number of carbonyl (C=O) groups is 2. The van der Waals surface area contributed by atoms with Crippen molar-refractivity contribution in [2.24, 2.45) is 0 Å². The van der Waals surface area contributed by atoms with Gasteiger partial charge in [-0.1, -0.05) is 103 Å². The Morgan fingerprint density at radius 1 is 0.778 bits per heavy atom. The van der Waals surface area contributed by atoms with Gasteiger partial charge < -0.3 is 9.80 Å². The van der Waals surface area contributed by atoms with Crippen molar-refractivity contribution in [1.82, 2.24) is 24.6 Å². The van der Waals surface area contributed by atoms with Gasteiger partial charge in [0.25, 0.3) is 5.91 Å². The fraction of sp³-hybridized carbons (Fsp3) is 0.243. The van der Waals surface area contributed by atoms with Crippen molar-refractivity contribution in [3.8, 4) is 16.8 Å². The maximum Gasteiger partial charge on any atom is 0.254 e. The Hall–Kier alpha value is -4.69. The number of rotatable bonds is 10. The van der Waals surface area contributed by atoms with Gasteiger partial charge >= 0.3 is 0 Å². The van der Waals surface area contributed by atoms with Crippen LogP contribution in [0.2, 0.25) is 0 Å². The summed E-state index contributed by atoms with van der Waals surface area (Å²) in [5.74, 6) is 1.80. The number of piperazine rings is 1. The van der Waals surface area contributed by atoms with Crippen LogP contribution in [-0.4, -0.2) is 67.8 Å². The van der Waals surface area contributed by atoms with Crippen molar-refractivity contribution in [2.45, 2.75) is 37.4 Å². The van der Waals surface area contributed by atoms with E-state index in [1.54, 1.807) is 11.8 Å². The van der Waals surface area contributed by atoms with E-state index >= 15 is 0 Å². The third-order valence-corrected chi connectivity index (χ3v) is 9.18. The molecule has 0 spiro atoms. The number of benzene rings is 4. The highest BCUT2D eigenvalue weighted by Gasteiger charge is 2.30. The second-order valence-electron chi connectivity index (χ2n) is 11.3. The van der Waals surface area contributed by atoms with Gasteiger partial charge in [-0.15, -0.1) is 10.2 Å². The molecule has 1 aliphatic heterocycles. The Balaban J connectivity index is 1.01. The molecule has 0 radical (unpaired) electrons. The zero-order valence-corrected chi connectivity index (χ0v) is 26.3. The minimum atomic E-state index is -0.0502. The lowest BCUT2D eigenvalue weighted by molar-refractivity contribution is -0.133. The molecule has 1 unspecified atom stereocenters. The highest BCUT2D eigenvalue weighted by Crippen LogP contribution is 2.25. The molecule has 2 heterocycles. The molecule has 0 aliphatic carbocycles. The molecule has 1 fully saturated rings. The van der Waals surface area contributed by atoms with Crippen LogP contribution in [0.15, 0.2) is 120 Å². The average Bonchev–Trinajstić information content (AvgIpc) is 3.49. The van der Waals surface area contributed by atoms with E-state index in [9.17, 15) is 9.59 Å². The van der Waals surface area contributed by atoms with Crippen molar-refractivity contribution < 1.29 is 9.59 Å². The Labute approximate surface area is 268 Å². The molecule has 0 saturated carbocycles. The Bertz CT molecular complexity index is 1710. The zero-order valence-electron chi connectivity index (χ0n) is 25.5. The molecule has 8 heteroatoms. The Morgan fingerprint density at radius 3 is 2.11 bits per heavy atom. The van der Waals surface area contributed by atoms with Gasteiger partial charge in [0.2, 0.25) is 5.91 Å². The van der Waals surface area contributed by atoms with Crippen LogP contribution in [-0.2, 0) is 11.2 Å². The van der Waals surface area contributed by atoms with Gasteiger partial charge in [0, 0.05) is 55.5 Å². The number of carbonyl (C=O) groups excluding carboxylic acids is 2. The molecule has 6 rings (SSSR count). The summed E-state index contributed by atoms with van der Waals surface area (Å²) >= 11 is 1.63. The molecule has 228 valence electrons. The summed E-state index contributed by atoms with van der Waals surface area (Å²) in [5.41, 5.74) is 5.10. The van der Waals surface area contributed by atoms with Crippen LogP contribution in [0.4, 0.5) is 0 Å². The molecule has 0 bridgehead atoms. The average molecular weight is 616 g/mol. The van der Waals surface area contributed by atoms with Crippen LogP contribution >= 0.6 is 11.8 Å². The largest absolute Gasteiger partial charge is 0.339 e. The Morgan fingerprint density at radius 2 is 1.42 bits per heavy atom. The van der Waals surface area contributed by atoms with Gasteiger partial charge in [-0.25, -0.2) is 0 Å². The topological polar surface area (TPSA) is 71.3 Å². The molecule has 2 amide bonds. The number of amides is 2. The minimum Gasteiger partial charge on any atom is -0.339 e. The third kappa shape index (κ3) is 7.35. The molecule has 1 atom stereocenters. The minimum absolute atomic E-state index is 0.0137. The van der Waals surface area contributed by atoms with Gasteiger partial charge in [-0.2, -0.15) is 0 Å². The van der Waals surface area contributed by atoms with Crippen molar-refractivity contribution in [3.63, 3.8) is 0 Å². The molecule has 5 aromatic rings. The maximum atomic E-state index is 13.3. The second-order valence-corrected chi connectivity index (χ2v) is 12.4. The number of aromatic nitrogens is 3. The first kappa shape index (κ1) is 30.3. The lowest BCUT2D eigenvalue weighted by atomic mass is 10.0. The first-order chi connectivity index (χ1) is 22.1. The number of hydrogen-bond donors (Lipinski definition) is 0. The normalized spacial score (nSPS) is 14.8. The summed E-state index contributed by atoms with van der Waals surface area (Å²) in [6, 6.07) is 38.3. The predicted octanol–water partition coefficient (Wildman–Crippen LogP) is 6.77. The first-order valence-corrected chi connectivity index (χ1v) is 16.5. The van der Waals surface area contributed by atoms with Gasteiger partial charge in [-0.3, -0.25) is 14.2 Å². The summed E-state index contributed by atoms with van der Waals surface area (Å²) in [6.45, 7) is 3.65. The van der Waals surface area contributed by atoms with E-state index in [1.165, 1.54) is 5.56 Å². The number of hydrogen-bond acceptors (Lipinski definition) is 5. The molecular weight excluding hydrogens is 579 g/mol. The monoisotopic (exact) mass is 615 g/mol. The number of nitrogens with zero attached hydrogens (tertiary/aromatic N) is 5. The summed E-state index contributed by atoms with van der Waals surface area (Å²) < 4.78 is 2.12. The number of para-hydroxylation sites is 1. The van der Waals surface area contributed by atoms with Crippen LogP contribution in [0.3, 0.4) is 0 Å². The third-order valence-electron chi connectivity index (χ3n) is 8.17. The van der Waals surface area contributed by atoms with E-state index in [1.807, 2.05) is 95.6 Å². The fourth-order valence-electron chi connectivity index (χ4n) is 5.76. The summed E-state index contributed by atoms with van der Waals surface area (Å²) in [4.78, 5) is 30.3. The molecule has 0 N–H and O–H groups in total. The van der Waals surface area contributed by atoms with Crippen molar-refractivity contribution in [2.75, 3.05) is 25.4 Å². The predicted molar refractivity (Wildman–Crippen MR) is 180 cm³/mol. The molecule has 1 saturated heterocycles. The smallest absolute Gasteiger partial charge is 0.254 e. The van der Waals surface area contributed by atoms with Gasteiger partial charge in [0.1, 0.15) is 5.82 Å². The van der Waals surface area contributed by atoms with Crippen LogP contribution < -0.4 is 0 Å². The summed E-state index contributed by atoms with van der Waals surface area (Å²) in [6.07, 6.45) is 1.89. The first-order valence-electron chi connectivity index (χ1n) is 15.5. The van der Waals surface area contributed by atoms with Crippen molar-refractivity contribution >= 4 is 23.6 Å². The van der Waals surface area contributed by atoms with Gasteiger partial charge in [-0.05, 0) is 54.3 Å². The van der Waals surface area contributed by atoms with Crippen LogP contribution in [0.25, 0.3) is 16.8 Å². The van der Waals surface area contributed by atoms with Crippen LogP contribution in [0.1, 0.15) is 41.5 Å². The standard InChI is InChI=1S/C37H37N5O2S/c1-28-27-40(23-24-41(28)36(44)32-21-19-31(20-22-32)30-14-7-3-8-15-30)35(43)18-11-25-45-37-39-38-34(26-29-12-5-2-6-13-29)42(37)33-16-9-4-10-17-33/h2-10,12-17,19-22,28H,11,18,23-27H2,1H3. The number of thioether (sulfide) groups is 1. The van der Waals surface area contributed by atoms with Gasteiger partial charge in [0.05, 0.1) is 0 Å². The van der Waals surface area contributed by atoms with E-state index in [0.29, 0.717) is 38.0 Å². The lowest BCUT2D eigenvalue weighted by Crippen LogP contribution is -2.55. The molecule has 45 heavy (non-hydrogen) atoms. The van der Waals surface area contributed by atoms with Crippen LogP contribution in [0.5, 0.6) is 0 Å². The van der Waals surface area contributed by atoms with Crippen molar-refractivity contribution in [3.05, 3.63) is 132 Å². The second kappa shape index (κ2) is 14.4. The van der Waals surface area contributed by atoms with Crippen LogP contribution in [0, 0.1) is 0 Å². The lowest BCUT2D eigenvalue weighted by Gasteiger charge is -2.40. The quantitative estimate of drug-likeness (QED) is 0.128. The van der Waals surface area contributed by atoms with E-state index in [2.05, 4.69) is 51.2 Å². The fourth-order valence-corrected chi connectivity index (χ4v) is 6.67. The maximum absolute atomic E-state index is 13.3. The molecule has 1 aliphatic rings. The zero-order chi connectivity index (χ0) is 31.0. The van der Waals surface area contributed by atoms with Gasteiger partial charge in [0.15, 0.2) is 5.16 Å². The van der Waals surface area contributed by atoms with Crippen molar-refractivity contribution in [1.29, 1.82) is 0 Å². The molecular formula is C37H37N5O2S. The molecule has 4 aromatic carbocycles. The molecule has 7 nitrogen and oxygen atoms in total. The highest BCUT2D eigenvalue weighted by molar-refractivity contribution is 7.99. The summed E-state index contributed by atoms with van der Waals surface area (Å²) in [7, 11) is 0. The van der Waals surface area contributed by atoms with E-state index in [4.69, 9.17) is 0 Å². The SMILES string of the molecule is CC1CN(C(=O)CCCSc2nnc(Cc3ccccc3)n2-c2ccccc2)CCN1C(=O)c1ccc(-c2ccccc2)cc1. The summed E-state index contributed by atoms with van der Waals surface area (Å²) in [5, 5.41) is 9.88. The highest BCUT2D eigenvalue weighted by atomic mass is 32.2.